The molecule has 6 heteroatoms. The molecule has 0 aliphatic heterocycles. The molecule has 6 nitrogen and oxygen atoms in total. The van der Waals surface area contributed by atoms with Crippen LogP contribution < -0.4 is 16.4 Å². The van der Waals surface area contributed by atoms with E-state index in [1.54, 1.807) is 0 Å². The molecule has 0 atom stereocenters. The van der Waals surface area contributed by atoms with E-state index in [1.807, 2.05) is 36.5 Å². The van der Waals surface area contributed by atoms with E-state index in [0.29, 0.717) is 24.7 Å². The van der Waals surface area contributed by atoms with Crippen LogP contribution in [0, 0.1) is 0 Å². The molecule has 1 fully saturated rings. The Kier molecular flexibility index (Phi) is 5.58. The number of carbonyl (C=O) groups excluding carboxylic acids is 1. The predicted molar refractivity (Wildman–Crippen MR) is 113 cm³/mol. The number of hydrogen-bond acceptors (Lipinski definition) is 4. The maximum Gasteiger partial charge on any atom is 0.251 e. The maximum atomic E-state index is 12.3. The molecular weight excluding hydrogens is 350 g/mol. The Labute approximate surface area is 165 Å². The zero-order chi connectivity index (χ0) is 19.3. The van der Waals surface area contributed by atoms with Crippen molar-refractivity contribution < 1.29 is 4.79 Å². The van der Waals surface area contributed by atoms with E-state index in [9.17, 15) is 4.79 Å². The highest BCUT2D eigenvalue weighted by atomic mass is 16.1. The first-order chi connectivity index (χ1) is 13.8. The second kappa shape index (κ2) is 8.44. The molecule has 1 aromatic carbocycles. The van der Waals surface area contributed by atoms with E-state index in [2.05, 4.69) is 27.2 Å². The zero-order valence-electron chi connectivity index (χ0n) is 16.0. The number of fused-ring (bicyclic) bond motifs is 1. The monoisotopic (exact) mass is 377 g/mol. The van der Waals surface area contributed by atoms with Crippen molar-refractivity contribution in [3.8, 4) is 11.3 Å². The molecule has 1 aliphatic rings. The van der Waals surface area contributed by atoms with E-state index in [1.165, 1.54) is 32.1 Å². The van der Waals surface area contributed by atoms with Gasteiger partial charge >= 0.3 is 0 Å². The lowest BCUT2D eigenvalue weighted by Gasteiger charge is -2.24. The summed E-state index contributed by atoms with van der Waals surface area (Å²) in [6, 6.07) is 14.3. The quantitative estimate of drug-likeness (QED) is 0.614. The van der Waals surface area contributed by atoms with Gasteiger partial charge in [-0.15, -0.1) is 0 Å². The molecule has 0 spiro atoms. The SMILES string of the molecule is NCCNC(=O)c1ccn2c(NC3CCCCC3)c(-c3ccccc3)nc2c1. The van der Waals surface area contributed by atoms with Crippen LogP contribution in [-0.4, -0.2) is 34.4 Å². The fourth-order valence-corrected chi connectivity index (χ4v) is 3.85. The van der Waals surface area contributed by atoms with Crippen molar-refractivity contribution in [3.63, 3.8) is 0 Å². The lowest BCUT2D eigenvalue weighted by Crippen LogP contribution is -2.29. The van der Waals surface area contributed by atoms with Gasteiger partial charge < -0.3 is 16.4 Å². The predicted octanol–water partition coefficient (Wildman–Crippen LogP) is 3.43. The Morgan fingerprint density at radius 1 is 1.14 bits per heavy atom. The number of aromatic nitrogens is 2. The van der Waals surface area contributed by atoms with Crippen LogP contribution in [0.4, 0.5) is 5.82 Å². The molecular formula is C22H27N5O. The van der Waals surface area contributed by atoms with Crippen LogP contribution in [0.25, 0.3) is 16.9 Å². The van der Waals surface area contributed by atoms with Crippen molar-refractivity contribution in [2.45, 2.75) is 38.1 Å². The average Bonchev–Trinajstić information content (AvgIpc) is 3.11. The lowest BCUT2D eigenvalue weighted by molar-refractivity contribution is 0.0954. The molecule has 2 aromatic heterocycles. The Morgan fingerprint density at radius 2 is 1.93 bits per heavy atom. The summed E-state index contributed by atoms with van der Waals surface area (Å²) in [7, 11) is 0. The van der Waals surface area contributed by atoms with Crippen LogP contribution >= 0.6 is 0 Å². The number of nitrogens with two attached hydrogens (primary N) is 1. The summed E-state index contributed by atoms with van der Waals surface area (Å²) >= 11 is 0. The molecule has 4 rings (SSSR count). The van der Waals surface area contributed by atoms with Crippen molar-refractivity contribution in [1.82, 2.24) is 14.7 Å². The minimum atomic E-state index is -0.126. The number of carbonyl (C=O) groups is 1. The Balaban J connectivity index is 1.74. The molecule has 2 heterocycles. The third-order valence-corrected chi connectivity index (χ3v) is 5.31. The number of nitrogens with one attached hydrogen (secondary N) is 2. The maximum absolute atomic E-state index is 12.3. The van der Waals surface area contributed by atoms with Gasteiger partial charge in [0.25, 0.3) is 5.91 Å². The number of hydrogen-bond donors (Lipinski definition) is 3. The minimum absolute atomic E-state index is 0.126. The highest BCUT2D eigenvalue weighted by molar-refractivity contribution is 5.95. The van der Waals surface area contributed by atoms with Gasteiger partial charge in [-0.05, 0) is 25.0 Å². The molecule has 0 radical (unpaired) electrons. The van der Waals surface area contributed by atoms with Gasteiger partial charge in [0, 0.05) is 36.5 Å². The first kappa shape index (κ1) is 18.5. The van der Waals surface area contributed by atoms with Crippen molar-refractivity contribution in [2.75, 3.05) is 18.4 Å². The molecule has 28 heavy (non-hydrogen) atoms. The molecule has 0 saturated heterocycles. The number of pyridine rings is 1. The highest BCUT2D eigenvalue weighted by Gasteiger charge is 2.20. The van der Waals surface area contributed by atoms with E-state index in [-0.39, 0.29) is 5.91 Å². The summed E-state index contributed by atoms with van der Waals surface area (Å²) in [6.45, 7) is 0.882. The van der Waals surface area contributed by atoms with Crippen LogP contribution in [0.1, 0.15) is 42.5 Å². The number of amides is 1. The third-order valence-electron chi connectivity index (χ3n) is 5.31. The van der Waals surface area contributed by atoms with Crippen molar-refractivity contribution in [1.29, 1.82) is 0 Å². The van der Waals surface area contributed by atoms with Gasteiger partial charge in [-0.25, -0.2) is 4.98 Å². The van der Waals surface area contributed by atoms with Gasteiger partial charge in [-0.1, -0.05) is 49.6 Å². The third kappa shape index (κ3) is 3.87. The Bertz CT molecular complexity index is 944. The van der Waals surface area contributed by atoms with Crippen LogP contribution in [-0.2, 0) is 0 Å². The van der Waals surface area contributed by atoms with Crippen LogP contribution in [0.15, 0.2) is 48.7 Å². The van der Waals surface area contributed by atoms with Crippen LogP contribution in [0.2, 0.25) is 0 Å². The second-order valence-electron chi connectivity index (χ2n) is 7.34. The normalized spacial score (nSPS) is 14.9. The Morgan fingerprint density at radius 3 is 2.68 bits per heavy atom. The van der Waals surface area contributed by atoms with Gasteiger partial charge in [0.1, 0.15) is 17.2 Å². The van der Waals surface area contributed by atoms with Gasteiger partial charge in [0.05, 0.1) is 0 Å². The van der Waals surface area contributed by atoms with Crippen molar-refractivity contribution >= 4 is 17.4 Å². The van der Waals surface area contributed by atoms with Crippen molar-refractivity contribution in [3.05, 3.63) is 54.2 Å². The molecule has 0 unspecified atom stereocenters. The first-order valence-electron chi connectivity index (χ1n) is 10.1. The summed E-state index contributed by atoms with van der Waals surface area (Å²) in [6.07, 6.45) is 8.14. The first-order valence-corrected chi connectivity index (χ1v) is 10.1. The smallest absolute Gasteiger partial charge is 0.251 e. The molecule has 146 valence electrons. The van der Waals surface area contributed by atoms with Gasteiger partial charge in [0.2, 0.25) is 0 Å². The molecule has 1 amide bonds. The average molecular weight is 377 g/mol. The largest absolute Gasteiger partial charge is 0.367 e. The Hall–Kier alpha value is -2.86. The van der Waals surface area contributed by atoms with Gasteiger partial charge in [-0.2, -0.15) is 0 Å². The summed E-state index contributed by atoms with van der Waals surface area (Å²) < 4.78 is 2.05. The second-order valence-corrected chi connectivity index (χ2v) is 7.34. The summed E-state index contributed by atoms with van der Waals surface area (Å²) in [4.78, 5) is 17.2. The highest BCUT2D eigenvalue weighted by Crippen LogP contribution is 2.31. The van der Waals surface area contributed by atoms with E-state index in [4.69, 9.17) is 10.7 Å². The minimum Gasteiger partial charge on any atom is -0.367 e. The lowest BCUT2D eigenvalue weighted by atomic mass is 9.95. The number of imidazole rings is 1. The van der Waals surface area contributed by atoms with E-state index < -0.39 is 0 Å². The summed E-state index contributed by atoms with van der Waals surface area (Å²) in [5.41, 5.74) is 8.83. The zero-order valence-corrected chi connectivity index (χ0v) is 16.0. The molecule has 4 N–H and O–H groups in total. The number of nitrogens with zero attached hydrogens (tertiary/aromatic N) is 2. The van der Waals surface area contributed by atoms with Gasteiger partial charge in [0.15, 0.2) is 0 Å². The van der Waals surface area contributed by atoms with Crippen LogP contribution in [0.5, 0.6) is 0 Å². The molecule has 0 bridgehead atoms. The number of rotatable bonds is 6. The fraction of sp³-hybridized carbons (Fsp3) is 0.364. The standard InChI is InChI=1S/C22H27N5O/c23-12-13-24-22(28)17-11-14-27-19(15-17)26-20(16-7-3-1-4-8-16)21(27)25-18-9-5-2-6-10-18/h1,3-4,7-8,11,14-15,18,25H,2,5-6,9-10,12-13,23H2,(H,24,28). The van der Waals surface area contributed by atoms with E-state index in [0.717, 1.165) is 22.7 Å². The summed E-state index contributed by atoms with van der Waals surface area (Å²) in [5, 5.41) is 6.55. The number of benzene rings is 1. The molecule has 1 saturated carbocycles. The van der Waals surface area contributed by atoms with Crippen LogP contribution in [0.3, 0.4) is 0 Å². The van der Waals surface area contributed by atoms with E-state index >= 15 is 0 Å². The fourth-order valence-electron chi connectivity index (χ4n) is 3.85. The molecule has 3 aromatic rings. The molecule has 1 aliphatic carbocycles. The van der Waals surface area contributed by atoms with Crippen molar-refractivity contribution in [2.24, 2.45) is 5.73 Å². The van der Waals surface area contributed by atoms with Gasteiger partial charge in [-0.3, -0.25) is 9.20 Å². The topological polar surface area (TPSA) is 84.5 Å². The number of anilines is 1. The summed E-state index contributed by atoms with van der Waals surface area (Å²) in [5.74, 6) is 0.876.